The Morgan fingerprint density at radius 3 is 2.62 bits per heavy atom. The summed E-state index contributed by atoms with van der Waals surface area (Å²) in [6.45, 7) is 0. The first-order valence-electron chi connectivity index (χ1n) is 4.44. The number of hydrogen-bond acceptors (Lipinski definition) is 6. The van der Waals surface area contributed by atoms with E-state index in [0.717, 1.165) is 12.3 Å². The van der Waals surface area contributed by atoms with Gasteiger partial charge in [0.2, 0.25) is 0 Å². The molecular formula is C9H12N2O5. The summed E-state index contributed by atoms with van der Waals surface area (Å²) in [5.41, 5.74) is 5.34. The zero-order chi connectivity index (χ0) is 12.3. The van der Waals surface area contributed by atoms with E-state index >= 15 is 0 Å². The molecule has 2 atom stereocenters. The second kappa shape index (κ2) is 4.77. The lowest BCUT2D eigenvalue weighted by Gasteiger charge is -2.16. The molecule has 0 saturated heterocycles. The topological polar surface area (TPSA) is 137 Å². The van der Waals surface area contributed by atoms with Crippen molar-refractivity contribution in [2.75, 3.05) is 5.73 Å². The Hall–Kier alpha value is -1.86. The Balaban J connectivity index is 2.83. The second-order valence-corrected chi connectivity index (χ2v) is 3.28. The quantitative estimate of drug-likeness (QED) is 0.456. The highest BCUT2D eigenvalue weighted by molar-refractivity contribution is 5.67. The van der Waals surface area contributed by atoms with E-state index in [9.17, 15) is 20.1 Å². The summed E-state index contributed by atoms with van der Waals surface area (Å²) in [5.74, 6) is -1.68. The Kier molecular flexibility index (Phi) is 3.64. The molecule has 0 bridgehead atoms. The largest absolute Gasteiger partial charge is 0.504 e. The Labute approximate surface area is 90.8 Å². The average molecular weight is 228 g/mol. The third kappa shape index (κ3) is 2.81. The van der Waals surface area contributed by atoms with Gasteiger partial charge in [-0.15, -0.1) is 0 Å². The number of aliphatic hydroxyl groups excluding tert-OH is 2. The van der Waals surface area contributed by atoms with E-state index in [4.69, 9.17) is 10.8 Å². The number of aliphatic carboxylic acids is 1. The SMILES string of the molecule is Nc1ncc(C(O)C(O)CC(=O)O)cc1O. The van der Waals surface area contributed by atoms with Crippen molar-refractivity contribution >= 4 is 11.8 Å². The summed E-state index contributed by atoms with van der Waals surface area (Å²) in [4.78, 5) is 13.9. The van der Waals surface area contributed by atoms with Crippen LogP contribution in [0.2, 0.25) is 0 Å². The number of rotatable bonds is 4. The van der Waals surface area contributed by atoms with Gasteiger partial charge in [-0.1, -0.05) is 0 Å². The molecule has 0 amide bonds. The molecule has 0 saturated carbocycles. The molecule has 7 heteroatoms. The third-order valence-corrected chi connectivity index (χ3v) is 2.01. The molecule has 0 aromatic carbocycles. The second-order valence-electron chi connectivity index (χ2n) is 3.28. The van der Waals surface area contributed by atoms with Crippen LogP contribution in [0, 0.1) is 0 Å². The van der Waals surface area contributed by atoms with Gasteiger partial charge in [-0.25, -0.2) is 4.98 Å². The normalized spacial score (nSPS) is 14.4. The van der Waals surface area contributed by atoms with E-state index in [1.807, 2.05) is 0 Å². The maximum absolute atomic E-state index is 10.3. The molecule has 16 heavy (non-hydrogen) atoms. The number of nitrogen functional groups attached to an aromatic ring is 1. The number of aromatic nitrogens is 1. The predicted octanol–water partition coefficient (Wildman–Crippen LogP) is -0.762. The van der Waals surface area contributed by atoms with Crippen LogP contribution in [-0.4, -0.2) is 37.5 Å². The fourth-order valence-corrected chi connectivity index (χ4v) is 1.15. The third-order valence-electron chi connectivity index (χ3n) is 2.01. The fourth-order valence-electron chi connectivity index (χ4n) is 1.15. The van der Waals surface area contributed by atoms with Gasteiger partial charge >= 0.3 is 5.97 Å². The van der Waals surface area contributed by atoms with Gasteiger partial charge in [0.25, 0.3) is 0 Å². The van der Waals surface area contributed by atoms with Crippen molar-refractivity contribution in [1.29, 1.82) is 0 Å². The van der Waals surface area contributed by atoms with Crippen molar-refractivity contribution < 1.29 is 25.2 Å². The summed E-state index contributed by atoms with van der Waals surface area (Å²) in [6.07, 6.45) is -2.35. The molecule has 1 aromatic heterocycles. The lowest BCUT2D eigenvalue weighted by Crippen LogP contribution is -2.21. The molecule has 1 rings (SSSR count). The zero-order valence-corrected chi connectivity index (χ0v) is 8.24. The van der Waals surface area contributed by atoms with Gasteiger partial charge in [-0.2, -0.15) is 0 Å². The van der Waals surface area contributed by atoms with Crippen LogP contribution in [0.4, 0.5) is 5.82 Å². The minimum atomic E-state index is -1.47. The van der Waals surface area contributed by atoms with Crippen LogP contribution >= 0.6 is 0 Å². The number of carboxylic acid groups (broad SMARTS) is 1. The monoisotopic (exact) mass is 228 g/mol. The van der Waals surface area contributed by atoms with E-state index in [2.05, 4.69) is 4.98 Å². The standard InChI is InChI=1S/C9H12N2O5/c10-9-6(13)1-4(3-11-9)8(16)5(12)2-7(14)15/h1,3,5,8,12-13,16H,2H2,(H2,10,11)(H,14,15). The van der Waals surface area contributed by atoms with Crippen LogP contribution in [0.3, 0.4) is 0 Å². The van der Waals surface area contributed by atoms with Gasteiger partial charge in [0.1, 0.15) is 6.10 Å². The molecule has 7 nitrogen and oxygen atoms in total. The summed E-state index contributed by atoms with van der Waals surface area (Å²) in [5, 5.41) is 36.5. The van der Waals surface area contributed by atoms with Crippen LogP contribution in [0.1, 0.15) is 18.1 Å². The Morgan fingerprint density at radius 2 is 2.12 bits per heavy atom. The maximum Gasteiger partial charge on any atom is 0.306 e. The molecule has 1 aromatic rings. The maximum atomic E-state index is 10.3. The van der Waals surface area contributed by atoms with E-state index in [0.29, 0.717) is 0 Å². The van der Waals surface area contributed by atoms with E-state index in [-0.39, 0.29) is 17.1 Å². The van der Waals surface area contributed by atoms with E-state index in [1.54, 1.807) is 0 Å². The van der Waals surface area contributed by atoms with Crippen molar-refractivity contribution in [3.05, 3.63) is 17.8 Å². The summed E-state index contributed by atoms with van der Waals surface area (Å²) >= 11 is 0. The number of aliphatic hydroxyl groups is 2. The number of carbonyl (C=O) groups is 1. The highest BCUT2D eigenvalue weighted by Gasteiger charge is 2.22. The predicted molar refractivity (Wildman–Crippen MR) is 53.5 cm³/mol. The summed E-state index contributed by atoms with van der Waals surface area (Å²) < 4.78 is 0. The molecule has 0 fully saturated rings. The minimum absolute atomic E-state index is 0.0976. The number of nitrogens with two attached hydrogens (primary N) is 1. The van der Waals surface area contributed by atoms with Crippen LogP contribution < -0.4 is 5.73 Å². The first-order chi connectivity index (χ1) is 7.41. The first-order valence-corrected chi connectivity index (χ1v) is 4.44. The van der Waals surface area contributed by atoms with E-state index in [1.165, 1.54) is 0 Å². The first kappa shape index (κ1) is 12.2. The number of anilines is 1. The highest BCUT2D eigenvalue weighted by Crippen LogP contribution is 2.24. The van der Waals surface area contributed by atoms with Crippen LogP contribution in [0.25, 0.3) is 0 Å². The molecule has 0 spiro atoms. The summed E-state index contributed by atoms with van der Waals surface area (Å²) in [6, 6.07) is 1.12. The lowest BCUT2D eigenvalue weighted by atomic mass is 10.0. The molecule has 88 valence electrons. The van der Waals surface area contributed by atoms with Crippen molar-refractivity contribution in [1.82, 2.24) is 4.98 Å². The number of pyridine rings is 1. The number of carboxylic acids is 1. The number of aromatic hydroxyl groups is 1. The Bertz CT molecular complexity index is 395. The fraction of sp³-hybridized carbons (Fsp3) is 0.333. The van der Waals surface area contributed by atoms with Crippen molar-refractivity contribution in [2.24, 2.45) is 0 Å². The molecule has 2 unspecified atom stereocenters. The molecule has 6 N–H and O–H groups in total. The molecule has 0 aliphatic carbocycles. The van der Waals surface area contributed by atoms with Gasteiger partial charge in [-0.3, -0.25) is 4.79 Å². The van der Waals surface area contributed by atoms with Gasteiger partial charge < -0.3 is 26.2 Å². The minimum Gasteiger partial charge on any atom is -0.504 e. The molecular weight excluding hydrogens is 216 g/mol. The van der Waals surface area contributed by atoms with Gasteiger partial charge in [0, 0.05) is 11.8 Å². The summed E-state index contributed by atoms with van der Waals surface area (Å²) in [7, 11) is 0. The van der Waals surface area contributed by atoms with Crippen LogP contribution in [-0.2, 0) is 4.79 Å². The van der Waals surface area contributed by atoms with Crippen molar-refractivity contribution in [3.63, 3.8) is 0 Å². The van der Waals surface area contributed by atoms with Gasteiger partial charge in [0.15, 0.2) is 11.6 Å². The highest BCUT2D eigenvalue weighted by atomic mass is 16.4. The lowest BCUT2D eigenvalue weighted by molar-refractivity contribution is -0.141. The number of nitrogens with zero attached hydrogens (tertiary/aromatic N) is 1. The smallest absolute Gasteiger partial charge is 0.306 e. The van der Waals surface area contributed by atoms with Gasteiger partial charge in [-0.05, 0) is 6.07 Å². The van der Waals surface area contributed by atoms with Crippen molar-refractivity contribution in [3.8, 4) is 5.75 Å². The molecule has 0 aliphatic rings. The Morgan fingerprint density at radius 1 is 1.50 bits per heavy atom. The van der Waals surface area contributed by atoms with Crippen molar-refractivity contribution in [2.45, 2.75) is 18.6 Å². The van der Waals surface area contributed by atoms with Crippen LogP contribution in [0.15, 0.2) is 12.3 Å². The molecule has 0 radical (unpaired) electrons. The zero-order valence-electron chi connectivity index (χ0n) is 8.24. The van der Waals surface area contributed by atoms with E-state index < -0.39 is 24.6 Å². The van der Waals surface area contributed by atoms with Gasteiger partial charge in [0.05, 0.1) is 12.5 Å². The molecule has 1 heterocycles. The average Bonchev–Trinajstić information content (AvgIpc) is 2.20. The van der Waals surface area contributed by atoms with Crippen LogP contribution in [0.5, 0.6) is 5.75 Å². The number of hydrogen-bond donors (Lipinski definition) is 5. The molecule has 0 aliphatic heterocycles.